The monoisotopic (exact) mass is 477 g/mol. The van der Waals surface area contributed by atoms with Crippen LogP contribution in [-0.4, -0.2) is 44.1 Å². The Hall–Kier alpha value is -2.42. The first-order valence-electron chi connectivity index (χ1n) is 9.85. The van der Waals surface area contributed by atoms with Gasteiger partial charge in [-0.15, -0.1) is 11.3 Å². The highest BCUT2D eigenvalue weighted by Gasteiger charge is 2.35. The molecule has 7 nitrogen and oxygen atoms in total. The number of thiazole rings is 1. The molecule has 1 aromatic carbocycles. The van der Waals surface area contributed by atoms with Gasteiger partial charge in [-0.3, -0.25) is 9.59 Å². The van der Waals surface area contributed by atoms with Crippen molar-refractivity contribution in [2.75, 3.05) is 11.9 Å². The van der Waals surface area contributed by atoms with Crippen LogP contribution in [-0.2, 0) is 16.0 Å². The molecule has 2 aromatic heterocycles. The molecule has 0 radical (unpaired) electrons. The Kier molecular flexibility index (Phi) is 6.31. The molecule has 1 unspecified atom stereocenters. The van der Waals surface area contributed by atoms with Crippen molar-refractivity contribution in [2.24, 2.45) is 0 Å². The van der Waals surface area contributed by atoms with Gasteiger partial charge in [-0.05, 0) is 44.9 Å². The summed E-state index contributed by atoms with van der Waals surface area (Å²) in [7, 11) is 0. The summed E-state index contributed by atoms with van der Waals surface area (Å²) >= 11 is 13.5. The molecule has 1 aliphatic heterocycles. The zero-order chi connectivity index (χ0) is 22.1. The van der Waals surface area contributed by atoms with Gasteiger partial charge in [0.2, 0.25) is 11.8 Å². The molecule has 3 aromatic rings. The second-order valence-electron chi connectivity index (χ2n) is 7.41. The summed E-state index contributed by atoms with van der Waals surface area (Å²) in [4.78, 5) is 31.6. The molecule has 1 N–H and O–H groups in total. The zero-order valence-corrected chi connectivity index (χ0v) is 19.4. The highest BCUT2D eigenvalue weighted by molar-refractivity contribution is 7.13. The third-order valence-corrected chi connectivity index (χ3v) is 6.88. The average molecular weight is 478 g/mol. The van der Waals surface area contributed by atoms with Crippen LogP contribution in [0.15, 0.2) is 29.8 Å². The number of nitrogens with zero attached hydrogens (tertiary/aromatic N) is 4. The van der Waals surface area contributed by atoms with E-state index in [1.807, 2.05) is 19.9 Å². The molecule has 1 fully saturated rings. The SMILES string of the molecule is Cc1nn(-c2ccc(Cl)c(Cl)c2)c(C)c1CC(=O)N1CCCC1C(=O)Nc1nccs1. The fourth-order valence-corrected chi connectivity index (χ4v) is 4.69. The largest absolute Gasteiger partial charge is 0.330 e. The van der Waals surface area contributed by atoms with E-state index in [9.17, 15) is 9.59 Å². The Morgan fingerprint density at radius 2 is 2.06 bits per heavy atom. The van der Waals surface area contributed by atoms with Crippen LogP contribution < -0.4 is 5.32 Å². The maximum atomic E-state index is 13.1. The van der Waals surface area contributed by atoms with E-state index >= 15 is 0 Å². The van der Waals surface area contributed by atoms with Crippen LogP contribution in [0.25, 0.3) is 5.69 Å². The maximum absolute atomic E-state index is 13.1. The minimum Gasteiger partial charge on any atom is -0.330 e. The Morgan fingerprint density at radius 3 is 2.77 bits per heavy atom. The fourth-order valence-electron chi connectivity index (χ4n) is 3.86. The summed E-state index contributed by atoms with van der Waals surface area (Å²) in [6.45, 7) is 4.36. The number of hydrogen-bond donors (Lipinski definition) is 1. The summed E-state index contributed by atoms with van der Waals surface area (Å²) in [5.74, 6) is -0.280. The third kappa shape index (κ3) is 4.46. The van der Waals surface area contributed by atoms with E-state index < -0.39 is 6.04 Å². The topological polar surface area (TPSA) is 80.1 Å². The molecule has 0 spiro atoms. The van der Waals surface area contributed by atoms with Gasteiger partial charge < -0.3 is 10.2 Å². The first-order chi connectivity index (χ1) is 14.8. The number of anilines is 1. The minimum atomic E-state index is -0.484. The van der Waals surface area contributed by atoms with Gasteiger partial charge >= 0.3 is 0 Å². The molecule has 0 saturated carbocycles. The van der Waals surface area contributed by atoms with Crippen LogP contribution in [0.4, 0.5) is 5.13 Å². The van der Waals surface area contributed by atoms with Crippen LogP contribution in [0.5, 0.6) is 0 Å². The summed E-state index contributed by atoms with van der Waals surface area (Å²) in [5, 5.41) is 10.6. The van der Waals surface area contributed by atoms with E-state index in [-0.39, 0.29) is 18.2 Å². The van der Waals surface area contributed by atoms with Crippen LogP contribution in [0.3, 0.4) is 0 Å². The third-order valence-electron chi connectivity index (χ3n) is 5.46. The van der Waals surface area contributed by atoms with Gasteiger partial charge in [0.25, 0.3) is 0 Å². The summed E-state index contributed by atoms with van der Waals surface area (Å²) in [6, 6.07) is 4.81. The number of amides is 2. The predicted octanol–water partition coefficient (Wildman–Crippen LogP) is 4.42. The van der Waals surface area contributed by atoms with Crippen molar-refractivity contribution >= 4 is 51.5 Å². The predicted molar refractivity (Wildman–Crippen MR) is 122 cm³/mol. The number of aromatic nitrogens is 3. The molecule has 10 heteroatoms. The molecule has 0 aliphatic carbocycles. The number of aryl methyl sites for hydroxylation is 1. The lowest BCUT2D eigenvalue weighted by Gasteiger charge is -2.23. The Balaban J connectivity index is 1.52. The van der Waals surface area contributed by atoms with E-state index in [1.165, 1.54) is 11.3 Å². The average Bonchev–Trinajstić information content (AvgIpc) is 3.47. The molecule has 162 valence electrons. The van der Waals surface area contributed by atoms with Gasteiger partial charge in [-0.25, -0.2) is 9.67 Å². The van der Waals surface area contributed by atoms with Gasteiger partial charge in [0.1, 0.15) is 6.04 Å². The number of benzene rings is 1. The van der Waals surface area contributed by atoms with Crippen molar-refractivity contribution in [2.45, 2.75) is 39.2 Å². The molecule has 1 atom stereocenters. The number of nitrogens with one attached hydrogen (secondary N) is 1. The number of hydrogen-bond acceptors (Lipinski definition) is 5. The van der Waals surface area contributed by atoms with Gasteiger partial charge in [0, 0.05) is 29.4 Å². The lowest BCUT2D eigenvalue weighted by Crippen LogP contribution is -2.43. The number of carbonyl (C=O) groups is 2. The van der Waals surface area contributed by atoms with Crippen LogP contribution in [0, 0.1) is 13.8 Å². The van der Waals surface area contributed by atoms with E-state index in [4.69, 9.17) is 23.2 Å². The standard InChI is InChI=1S/C21H21Cl2N5O2S/c1-12-15(13(2)28(26-12)14-5-6-16(22)17(23)10-14)11-19(29)27-8-3-4-18(27)20(30)25-21-24-7-9-31-21/h5-7,9-10,18H,3-4,8,11H2,1-2H3,(H,24,25,30). The Bertz CT molecular complexity index is 1130. The lowest BCUT2D eigenvalue weighted by molar-refractivity contribution is -0.136. The van der Waals surface area contributed by atoms with Gasteiger partial charge in [-0.1, -0.05) is 23.2 Å². The zero-order valence-electron chi connectivity index (χ0n) is 17.1. The molecule has 2 amide bonds. The number of rotatable bonds is 5. The second kappa shape index (κ2) is 8.98. The van der Waals surface area contributed by atoms with Crippen molar-refractivity contribution in [3.8, 4) is 5.69 Å². The van der Waals surface area contributed by atoms with E-state index in [2.05, 4.69) is 15.4 Å². The van der Waals surface area contributed by atoms with Crippen molar-refractivity contribution < 1.29 is 9.59 Å². The Morgan fingerprint density at radius 1 is 1.26 bits per heavy atom. The first kappa shape index (κ1) is 21.8. The Labute approximate surface area is 194 Å². The fraction of sp³-hybridized carbons (Fsp3) is 0.333. The smallest absolute Gasteiger partial charge is 0.248 e. The van der Waals surface area contributed by atoms with Crippen LogP contribution in [0.1, 0.15) is 29.8 Å². The molecular weight excluding hydrogens is 457 g/mol. The molecular formula is C21H21Cl2N5O2S. The highest BCUT2D eigenvalue weighted by atomic mass is 35.5. The first-order valence-corrected chi connectivity index (χ1v) is 11.5. The van der Waals surface area contributed by atoms with Crippen LogP contribution >= 0.6 is 34.5 Å². The second-order valence-corrected chi connectivity index (χ2v) is 9.12. The minimum absolute atomic E-state index is 0.0864. The molecule has 4 rings (SSSR count). The van der Waals surface area contributed by atoms with Crippen molar-refractivity contribution in [1.82, 2.24) is 19.7 Å². The molecule has 0 bridgehead atoms. The maximum Gasteiger partial charge on any atom is 0.248 e. The van der Waals surface area contributed by atoms with Crippen molar-refractivity contribution in [1.29, 1.82) is 0 Å². The van der Waals surface area contributed by atoms with E-state index in [0.29, 0.717) is 28.1 Å². The van der Waals surface area contributed by atoms with Gasteiger partial charge in [-0.2, -0.15) is 5.10 Å². The lowest BCUT2D eigenvalue weighted by atomic mass is 10.1. The quantitative estimate of drug-likeness (QED) is 0.589. The molecule has 1 saturated heterocycles. The molecule has 1 aliphatic rings. The normalized spacial score (nSPS) is 16.0. The summed E-state index contributed by atoms with van der Waals surface area (Å²) in [5.41, 5.74) is 3.24. The summed E-state index contributed by atoms with van der Waals surface area (Å²) < 4.78 is 1.76. The van der Waals surface area contributed by atoms with Crippen molar-refractivity contribution in [3.63, 3.8) is 0 Å². The van der Waals surface area contributed by atoms with E-state index in [0.717, 1.165) is 29.1 Å². The van der Waals surface area contributed by atoms with Gasteiger partial charge in [0.05, 0.1) is 27.8 Å². The van der Waals surface area contributed by atoms with Crippen molar-refractivity contribution in [3.05, 3.63) is 56.8 Å². The number of likely N-dealkylation sites (tertiary alicyclic amines) is 1. The van der Waals surface area contributed by atoms with Gasteiger partial charge in [0.15, 0.2) is 5.13 Å². The highest BCUT2D eigenvalue weighted by Crippen LogP contribution is 2.27. The number of carbonyl (C=O) groups excluding carboxylic acids is 2. The summed E-state index contributed by atoms with van der Waals surface area (Å²) in [6.07, 6.45) is 3.25. The van der Waals surface area contributed by atoms with Crippen LogP contribution in [0.2, 0.25) is 10.0 Å². The number of halogens is 2. The molecule has 31 heavy (non-hydrogen) atoms. The molecule has 3 heterocycles. The van der Waals surface area contributed by atoms with E-state index in [1.54, 1.807) is 33.3 Å².